The summed E-state index contributed by atoms with van der Waals surface area (Å²) >= 11 is 1.70. The molecule has 1 heterocycles. The smallest absolute Gasteiger partial charge is 0.209 e. The summed E-state index contributed by atoms with van der Waals surface area (Å²) in [7, 11) is 1.92. The van der Waals surface area contributed by atoms with E-state index in [1.54, 1.807) is 11.8 Å². The van der Waals surface area contributed by atoms with Crippen LogP contribution < -0.4 is 5.32 Å². The molecule has 1 aromatic carbocycles. The fourth-order valence-corrected chi connectivity index (χ4v) is 2.45. The minimum absolute atomic E-state index is 0.803. The average Bonchev–Trinajstić information content (AvgIpc) is 2.85. The van der Waals surface area contributed by atoms with Gasteiger partial charge in [0.2, 0.25) is 5.16 Å². The van der Waals surface area contributed by atoms with Crippen molar-refractivity contribution in [1.29, 1.82) is 0 Å². The normalized spacial score (nSPS) is 10.7. The topological polar surface area (TPSA) is 55.6 Å². The zero-order valence-corrected chi connectivity index (χ0v) is 11.2. The van der Waals surface area contributed by atoms with Crippen LogP contribution in [0.4, 0.5) is 0 Å². The minimum Gasteiger partial charge on any atom is -0.318 e. The van der Waals surface area contributed by atoms with Crippen molar-refractivity contribution in [2.75, 3.05) is 19.3 Å². The molecule has 6 heteroatoms. The van der Waals surface area contributed by atoms with Crippen molar-refractivity contribution >= 4 is 11.8 Å². The molecule has 5 nitrogen and oxygen atoms in total. The molecule has 0 amide bonds. The third-order valence-electron chi connectivity index (χ3n) is 2.54. The van der Waals surface area contributed by atoms with Crippen molar-refractivity contribution in [3.8, 4) is 0 Å². The third kappa shape index (κ3) is 3.82. The second-order valence-corrected chi connectivity index (χ2v) is 4.93. The summed E-state index contributed by atoms with van der Waals surface area (Å²) in [5.74, 6) is 0.990. The zero-order chi connectivity index (χ0) is 12.6. The number of tetrazole rings is 1. The molecule has 0 atom stereocenters. The Hall–Kier alpha value is -1.40. The Morgan fingerprint density at radius 3 is 2.89 bits per heavy atom. The van der Waals surface area contributed by atoms with Gasteiger partial charge in [-0.2, -0.15) is 0 Å². The number of rotatable bonds is 7. The summed E-state index contributed by atoms with van der Waals surface area (Å²) in [5.41, 5.74) is 1.35. The first-order chi connectivity index (χ1) is 8.90. The molecule has 0 bridgehead atoms. The maximum absolute atomic E-state index is 4.04. The Bertz CT molecular complexity index is 457. The molecule has 0 saturated carbocycles. The van der Waals surface area contributed by atoms with Gasteiger partial charge in [0, 0.05) is 12.3 Å². The van der Waals surface area contributed by atoms with Crippen LogP contribution in [0.1, 0.15) is 5.56 Å². The molecule has 0 aliphatic carbocycles. The van der Waals surface area contributed by atoms with Crippen LogP contribution in [-0.2, 0) is 13.0 Å². The third-order valence-corrected chi connectivity index (χ3v) is 3.50. The van der Waals surface area contributed by atoms with Crippen LogP contribution in [0.5, 0.6) is 0 Å². The number of nitrogens with one attached hydrogen (secondary N) is 1. The van der Waals surface area contributed by atoms with E-state index in [-0.39, 0.29) is 0 Å². The zero-order valence-electron chi connectivity index (χ0n) is 10.4. The Labute approximate surface area is 111 Å². The Kier molecular flexibility index (Phi) is 5.16. The number of benzene rings is 1. The van der Waals surface area contributed by atoms with E-state index in [1.807, 2.05) is 17.8 Å². The van der Waals surface area contributed by atoms with Gasteiger partial charge in [-0.3, -0.25) is 0 Å². The van der Waals surface area contributed by atoms with Crippen molar-refractivity contribution in [3.63, 3.8) is 0 Å². The number of thioether (sulfide) groups is 1. The van der Waals surface area contributed by atoms with Gasteiger partial charge in [-0.15, -0.1) is 5.10 Å². The standard InChI is InChI=1S/C12H17N5S/c1-13-8-9-17-12(14-15-16-17)18-10-7-11-5-3-2-4-6-11/h2-6,13H,7-10H2,1H3. The fourth-order valence-electron chi connectivity index (χ4n) is 1.56. The predicted octanol–water partition coefficient (Wildman–Crippen LogP) is 1.23. The number of hydrogen-bond acceptors (Lipinski definition) is 5. The molecule has 0 radical (unpaired) electrons. The summed E-state index contributed by atoms with van der Waals surface area (Å²) < 4.78 is 1.84. The van der Waals surface area contributed by atoms with Crippen molar-refractivity contribution in [1.82, 2.24) is 25.5 Å². The van der Waals surface area contributed by atoms with E-state index >= 15 is 0 Å². The van der Waals surface area contributed by atoms with Gasteiger partial charge in [0.25, 0.3) is 0 Å². The summed E-state index contributed by atoms with van der Waals surface area (Å²) in [4.78, 5) is 0. The van der Waals surface area contributed by atoms with Gasteiger partial charge in [-0.25, -0.2) is 4.68 Å². The molecule has 0 spiro atoms. The molecular formula is C12H17N5S. The van der Waals surface area contributed by atoms with E-state index in [2.05, 4.69) is 45.1 Å². The van der Waals surface area contributed by atoms with Gasteiger partial charge in [0.15, 0.2) is 0 Å². The van der Waals surface area contributed by atoms with E-state index in [0.717, 1.165) is 30.4 Å². The van der Waals surface area contributed by atoms with E-state index in [1.165, 1.54) is 5.56 Å². The Morgan fingerprint density at radius 2 is 2.11 bits per heavy atom. The van der Waals surface area contributed by atoms with Crippen LogP contribution >= 0.6 is 11.8 Å². The summed E-state index contributed by atoms with van der Waals surface area (Å²) in [5, 5.41) is 15.7. The van der Waals surface area contributed by atoms with Crippen LogP contribution in [0.15, 0.2) is 35.5 Å². The molecular weight excluding hydrogens is 246 g/mol. The quantitative estimate of drug-likeness (QED) is 0.761. The second-order valence-electron chi connectivity index (χ2n) is 3.87. The van der Waals surface area contributed by atoms with Gasteiger partial charge in [0.05, 0.1) is 6.54 Å². The van der Waals surface area contributed by atoms with Crippen molar-refractivity contribution in [3.05, 3.63) is 35.9 Å². The largest absolute Gasteiger partial charge is 0.318 e. The summed E-state index contributed by atoms with van der Waals surface area (Å²) in [6, 6.07) is 10.5. The highest BCUT2D eigenvalue weighted by molar-refractivity contribution is 7.99. The highest BCUT2D eigenvalue weighted by Gasteiger charge is 2.05. The fraction of sp³-hybridized carbons (Fsp3) is 0.417. The molecule has 0 fully saturated rings. The van der Waals surface area contributed by atoms with Crippen molar-refractivity contribution in [2.24, 2.45) is 0 Å². The first-order valence-electron chi connectivity index (χ1n) is 5.97. The monoisotopic (exact) mass is 263 g/mol. The maximum Gasteiger partial charge on any atom is 0.209 e. The maximum atomic E-state index is 4.04. The van der Waals surface area contributed by atoms with E-state index < -0.39 is 0 Å². The minimum atomic E-state index is 0.803. The first-order valence-corrected chi connectivity index (χ1v) is 6.96. The predicted molar refractivity (Wildman–Crippen MR) is 72.6 cm³/mol. The van der Waals surface area contributed by atoms with Crippen molar-refractivity contribution < 1.29 is 0 Å². The number of hydrogen-bond donors (Lipinski definition) is 1. The average molecular weight is 263 g/mol. The molecule has 0 aliphatic heterocycles. The van der Waals surface area contributed by atoms with Crippen LogP contribution in [0.25, 0.3) is 0 Å². The first kappa shape index (κ1) is 13.0. The van der Waals surface area contributed by atoms with Crippen LogP contribution in [0.2, 0.25) is 0 Å². The molecule has 2 aromatic rings. The Balaban J connectivity index is 1.81. The van der Waals surface area contributed by atoms with Crippen molar-refractivity contribution in [2.45, 2.75) is 18.1 Å². The van der Waals surface area contributed by atoms with Gasteiger partial charge in [-0.05, 0) is 29.5 Å². The van der Waals surface area contributed by atoms with Gasteiger partial charge in [-0.1, -0.05) is 42.1 Å². The molecule has 0 aliphatic rings. The van der Waals surface area contributed by atoms with Crippen LogP contribution in [0.3, 0.4) is 0 Å². The summed E-state index contributed by atoms with van der Waals surface area (Å²) in [6.07, 6.45) is 1.03. The van der Waals surface area contributed by atoms with Gasteiger partial charge >= 0.3 is 0 Å². The molecule has 18 heavy (non-hydrogen) atoms. The number of aromatic nitrogens is 4. The lowest BCUT2D eigenvalue weighted by atomic mass is 10.2. The number of likely N-dealkylation sites (N-methyl/N-ethyl adjacent to an activating group) is 1. The second kappa shape index (κ2) is 7.13. The molecule has 1 aromatic heterocycles. The lowest BCUT2D eigenvalue weighted by molar-refractivity contribution is 0.530. The van der Waals surface area contributed by atoms with Gasteiger partial charge < -0.3 is 5.32 Å². The Morgan fingerprint density at radius 1 is 1.28 bits per heavy atom. The van der Waals surface area contributed by atoms with E-state index in [9.17, 15) is 0 Å². The highest BCUT2D eigenvalue weighted by atomic mass is 32.2. The number of nitrogens with zero attached hydrogens (tertiary/aromatic N) is 4. The van der Waals surface area contributed by atoms with E-state index in [4.69, 9.17) is 0 Å². The lowest BCUT2D eigenvalue weighted by Gasteiger charge is -2.03. The van der Waals surface area contributed by atoms with E-state index in [0.29, 0.717) is 0 Å². The molecule has 0 saturated heterocycles. The van der Waals surface area contributed by atoms with Gasteiger partial charge in [0.1, 0.15) is 0 Å². The molecule has 1 N–H and O–H groups in total. The lowest BCUT2D eigenvalue weighted by Crippen LogP contribution is -2.16. The molecule has 96 valence electrons. The number of aryl methyl sites for hydroxylation is 1. The highest BCUT2D eigenvalue weighted by Crippen LogP contribution is 2.15. The SMILES string of the molecule is CNCCn1nnnc1SCCc1ccccc1. The molecule has 2 rings (SSSR count). The summed E-state index contributed by atoms with van der Waals surface area (Å²) in [6.45, 7) is 1.68. The molecule has 0 unspecified atom stereocenters. The van der Waals surface area contributed by atoms with Crippen LogP contribution in [0, 0.1) is 0 Å². The van der Waals surface area contributed by atoms with Crippen LogP contribution in [-0.4, -0.2) is 39.6 Å².